The van der Waals surface area contributed by atoms with Crippen LogP contribution in [0.5, 0.6) is 0 Å². The van der Waals surface area contributed by atoms with Crippen molar-refractivity contribution in [2.45, 2.75) is 26.3 Å². The first-order valence-electron chi connectivity index (χ1n) is 6.44. The van der Waals surface area contributed by atoms with Crippen molar-refractivity contribution in [3.8, 4) is 0 Å². The molecule has 104 valence electrons. The minimum atomic E-state index is 0.298. The number of thiophene rings is 2. The van der Waals surface area contributed by atoms with E-state index in [1.807, 2.05) is 0 Å². The van der Waals surface area contributed by atoms with Gasteiger partial charge in [0.15, 0.2) is 0 Å². The number of hydrogen-bond donors (Lipinski definition) is 2. The molecular weight excluding hydrogens is 288 g/mol. The van der Waals surface area contributed by atoms with Crippen LogP contribution in [0.3, 0.4) is 0 Å². The van der Waals surface area contributed by atoms with Gasteiger partial charge in [0.2, 0.25) is 5.95 Å². The van der Waals surface area contributed by atoms with Gasteiger partial charge in [0, 0.05) is 22.2 Å². The fourth-order valence-corrected chi connectivity index (χ4v) is 3.91. The number of rotatable bonds is 4. The summed E-state index contributed by atoms with van der Waals surface area (Å²) in [5.41, 5.74) is 5.79. The molecule has 4 nitrogen and oxygen atoms in total. The highest BCUT2D eigenvalue weighted by atomic mass is 32.1. The molecule has 0 amide bonds. The number of fused-ring (bicyclic) bond motifs is 1. The van der Waals surface area contributed by atoms with Gasteiger partial charge in [-0.2, -0.15) is 4.98 Å². The standard InChI is InChI=1S/C14H16N4S2/c1-8(6-10-4-3-5-19-10)16-12-11-7-9(2)20-13(11)18-14(15)17-12/h3-5,7-8H,6H2,1-2H3,(H3,15,16,17,18). The maximum atomic E-state index is 5.79. The van der Waals surface area contributed by atoms with Gasteiger partial charge in [0.25, 0.3) is 0 Å². The molecule has 0 fully saturated rings. The number of aryl methyl sites for hydroxylation is 1. The molecule has 0 aliphatic carbocycles. The quantitative estimate of drug-likeness (QED) is 0.771. The van der Waals surface area contributed by atoms with Crippen molar-refractivity contribution >= 4 is 44.7 Å². The zero-order chi connectivity index (χ0) is 14.1. The summed E-state index contributed by atoms with van der Waals surface area (Å²) in [4.78, 5) is 12.2. The van der Waals surface area contributed by atoms with E-state index in [4.69, 9.17) is 5.73 Å². The van der Waals surface area contributed by atoms with Crippen molar-refractivity contribution in [1.82, 2.24) is 9.97 Å². The van der Waals surface area contributed by atoms with Gasteiger partial charge < -0.3 is 11.1 Å². The molecule has 0 aliphatic rings. The Morgan fingerprint density at radius 1 is 1.40 bits per heavy atom. The van der Waals surface area contributed by atoms with E-state index in [0.29, 0.717) is 12.0 Å². The van der Waals surface area contributed by atoms with E-state index >= 15 is 0 Å². The molecule has 0 bridgehead atoms. The Balaban J connectivity index is 1.86. The maximum Gasteiger partial charge on any atom is 0.223 e. The first-order chi connectivity index (χ1) is 9.61. The number of anilines is 2. The average Bonchev–Trinajstić information content (AvgIpc) is 2.97. The van der Waals surface area contributed by atoms with Crippen LogP contribution in [0.25, 0.3) is 10.2 Å². The van der Waals surface area contributed by atoms with E-state index < -0.39 is 0 Å². The lowest BCUT2D eigenvalue weighted by atomic mass is 10.2. The zero-order valence-corrected chi connectivity index (χ0v) is 13.0. The van der Waals surface area contributed by atoms with Gasteiger partial charge in [-0.1, -0.05) is 6.07 Å². The molecule has 3 aromatic heterocycles. The Hall–Kier alpha value is -1.66. The minimum Gasteiger partial charge on any atom is -0.368 e. The molecule has 1 unspecified atom stereocenters. The van der Waals surface area contributed by atoms with Crippen LogP contribution in [0, 0.1) is 6.92 Å². The third-order valence-electron chi connectivity index (χ3n) is 3.00. The fraction of sp³-hybridized carbons (Fsp3) is 0.286. The summed E-state index contributed by atoms with van der Waals surface area (Å²) in [6.07, 6.45) is 0.978. The number of nitrogens with zero attached hydrogens (tertiary/aromatic N) is 2. The topological polar surface area (TPSA) is 63.8 Å². The molecule has 0 spiro atoms. The molecule has 20 heavy (non-hydrogen) atoms. The third-order valence-corrected chi connectivity index (χ3v) is 4.85. The van der Waals surface area contributed by atoms with Crippen molar-refractivity contribution in [3.05, 3.63) is 33.3 Å². The lowest BCUT2D eigenvalue weighted by molar-refractivity contribution is 0.796. The monoisotopic (exact) mass is 304 g/mol. The van der Waals surface area contributed by atoms with Crippen LogP contribution < -0.4 is 11.1 Å². The van der Waals surface area contributed by atoms with Crippen LogP contribution in [0.4, 0.5) is 11.8 Å². The first kappa shape index (κ1) is 13.3. The predicted molar refractivity (Wildman–Crippen MR) is 87.7 cm³/mol. The Morgan fingerprint density at radius 3 is 3.00 bits per heavy atom. The summed E-state index contributed by atoms with van der Waals surface area (Å²) in [6.45, 7) is 4.23. The van der Waals surface area contributed by atoms with Gasteiger partial charge in [-0.25, -0.2) is 4.98 Å². The normalized spacial score (nSPS) is 12.7. The smallest absolute Gasteiger partial charge is 0.223 e. The van der Waals surface area contributed by atoms with Gasteiger partial charge >= 0.3 is 0 Å². The lowest BCUT2D eigenvalue weighted by Crippen LogP contribution is -2.19. The highest BCUT2D eigenvalue weighted by Gasteiger charge is 2.12. The Kier molecular flexibility index (Phi) is 3.58. The van der Waals surface area contributed by atoms with E-state index in [-0.39, 0.29) is 0 Å². The SMILES string of the molecule is Cc1cc2c(NC(C)Cc3cccs3)nc(N)nc2s1. The highest BCUT2D eigenvalue weighted by Crippen LogP contribution is 2.29. The van der Waals surface area contributed by atoms with Gasteiger partial charge in [-0.3, -0.25) is 0 Å². The molecule has 0 saturated heterocycles. The largest absolute Gasteiger partial charge is 0.368 e. The number of nitrogen functional groups attached to an aromatic ring is 1. The van der Waals surface area contributed by atoms with Crippen LogP contribution in [0.2, 0.25) is 0 Å². The van der Waals surface area contributed by atoms with Crippen LogP contribution in [-0.4, -0.2) is 16.0 Å². The van der Waals surface area contributed by atoms with E-state index in [1.165, 1.54) is 9.75 Å². The Morgan fingerprint density at radius 2 is 2.25 bits per heavy atom. The Labute approximate surface area is 125 Å². The van der Waals surface area contributed by atoms with E-state index in [1.54, 1.807) is 22.7 Å². The molecular formula is C14H16N4S2. The Bertz CT molecular complexity index is 718. The van der Waals surface area contributed by atoms with Crippen LogP contribution >= 0.6 is 22.7 Å². The highest BCUT2D eigenvalue weighted by molar-refractivity contribution is 7.18. The van der Waals surface area contributed by atoms with Crippen molar-refractivity contribution in [2.75, 3.05) is 11.1 Å². The van der Waals surface area contributed by atoms with Crippen LogP contribution in [0.1, 0.15) is 16.7 Å². The fourth-order valence-electron chi connectivity index (χ4n) is 2.18. The summed E-state index contributed by atoms with van der Waals surface area (Å²) in [7, 11) is 0. The van der Waals surface area contributed by atoms with E-state index in [0.717, 1.165) is 22.5 Å². The summed E-state index contributed by atoms with van der Waals surface area (Å²) < 4.78 is 0. The third kappa shape index (κ3) is 2.76. The molecule has 1 atom stereocenters. The number of nitrogens with two attached hydrogens (primary N) is 1. The molecule has 3 rings (SSSR count). The first-order valence-corrected chi connectivity index (χ1v) is 8.14. The number of nitrogens with one attached hydrogen (secondary N) is 1. The molecule has 3 aromatic rings. The second-order valence-corrected chi connectivity index (χ2v) is 7.10. The van der Waals surface area contributed by atoms with Gasteiger partial charge in [0.05, 0.1) is 5.39 Å². The molecule has 0 aliphatic heterocycles. The average molecular weight is 304 g/mol. The van der Waals surface area contributed by atoms with E-state index in [9.17, 15) is 0 Å². The zero-order valence-electron chi connectivity index (χ0n) is 11.4. The van der Waals surface area contributed by atoms with Crippen molar-refractivity contribution < 1.29 is 0 Å². The summed E-state index contributed by atoms with van der Waals surface area (Å²) in [6, 6.07) is 6.64. The molecule has 3 N–H and O–H groups in total. The second-order valence-electron chi connectivity index (χ2n) is 4.84. The molecule has 6 heteroatoms. The number of aromatic nitrogens is 2. The van der Waals surface area contributed by atoms with Crippen molar-refractivity contribution in [3.63, 3.8) is 0 Å². The lowest BCUT2D eigenvalue weighted by Gasteiger charge is -2.14. The van der Waals surface area contributed by atoms with Crippen molar-refractivity contribution in [2.24, 2.45) is 0 Å². The summed E-state index contributed by atoms with van der Waals surface area (Å²) in [5.74, 6) is 1.16. The van der Waals surface area contributed by atoms with Gasteiger partial charge in [-0.05, 0) is 31.4 Å². The number of hydrogen-bond acceptors (Lipinski definition) is 6. The van der Waals surface area contributed by atoms with Crippen molar-refractivity contribution in [1.29, 1.82) is 0 Å². The van der Waals surface area contributed by atoms with Gasteiger partial charge in [-0.15, -0.1) is 22.7 Å². The van der Waals surface area contributed by atoms with Crippen LogP contribution in [-0.2, 0) is 6.42 Å². The second kappa shape index (κ2) is 5.38. The summed E-state index contributed by atoms with van der Waals surface area (Å²) in [5, 5.41) is 6.62. The maximum absolute atomic E-state index is 5.79. The molecule has 0 saturated carbocycles. The predicted octanol–water partition coefficient (Wildman–Crippen LogP) is 3.69. The molecule has 0 aromatic carbocycles. The minimum absolute atomic E-state index is 0.298. The van der Waals surface area contributed by atoms with Crippen LogP contribution in [0.15, 0.2) is 23.6 Å². The summed E-state index contributed by atoms with van der Waals surface area (Å²) >= 11 is 3.42. The molecule has 0 radical (unpaired) electrons. The molecule has 3 heterocycles. The van der Waals surface area contributed by atoms with E-state index in [2.05, 4.69) is 52.7 Å². The van der Waals surface area contributed by atoms with Gasteiger partial charge in [0.1, 0.15) is 10.6 Å².